The predicted octanol–water partition coefficient (Wildman–Crippen LogP) is 2.16. The second-order valence-electron chi connectivity index (χ2n) is 4.56. The van der Waals surface area contributed by atoms with Gasteiger partial charge in [0.2, 0.25) is 10.0 Å². The summed E-state index contributed by atoms with van der Waals surface area (Å²) in [6, 6.07) is 1.70. The Morgan fingerprint density at radius 1 is 1.53 bits per heavy atom. The van der Waals surface area contributed by atoms with E-state index in [9.17, 15) is 8.42 Å². The molecule has 0 spiro atoms. The third-order valence-corrected chi connectivity index (χ3v) is 7.29. The lowest BCUT2D eigenvalue weighted by Crippen LogP contribution is -2.39. The Balaban J connectivity index is 2.13. The molecule has 4 nitrogen and oxygen atoms in total. The summed E-state index contributed by atoms with van der Waals surface area (Å²) in [7, 11) is -3.43. The molecule has 108 valence electrons. The molecule has 0 bridgehead atoms. The molecule has 1 heterocycles. The highest BCUT2D eigenvalue weighted by molar-refractivity contribution is 8.00. The predicted molar refractivity (Wildman–Crippen MR) is 82.1 cm³/mol. The van der Waals surface area contributed by atoms with E-state index in [2.05, 4.69) is 11.6 Å². The maximum Gasteiger partial charge on any atom is 0.242 e. The smallest absolute Gasteiger partial charge is 0.242 e. The molecular formula is C12H20N2O2S3. The summed E-state index contributed by atoms with van der Waals surface area (Å²) in [5.74, 6) is 1.02. The van der Waals surface area contributed by atoms with Crippen LogP contribution < -0.4 is 10.5 Å². The fourth-order valence-corrected chi connectivity index (χ4v) is 6.38. The van der Waals surface area contributed by atoms with Crippen molar-refractivity contribution in [1.29, 1.82) is 0 Å². The molecule has 1 aliphatic rings. The first-order valence-corrected chi connectivity index (χ1v) is 9.90. The first-order chi connectivity index (χ1) is 9.08. The van der Waals surface area contributed by atoms with Crippen molar-refractivity contribution in [2.75, 3.05) is 5.75 Å². The van der Waals surface area contributed by atoms with Crippen molar-refractivity contribution in [3.8, 4) is 0 Å². The highest BCUT2D eigenvalue weighted by atomic mass is 32.2. The van der Waals surface area contributed by atoms with Crippen LogP contribution in [0.1, 0.15) is 31.1 Å². The highest BCUT2D eigenvalue weighted by Crippen LogP contribution is 2.31. The van der Waals surface area contributed by atoms with Gasteiger partial charge in [-0.3, -0.25) is 0 Å². The van der Waals surface area contributed by atoms with Crippen LogP contribution in [0.2, 0.25) is 0 Å². The Morgan fingerprint density at radius 2 is 2.32 bits per heavy atom. The van der Waals surface area contributed by atoms with E-state index in [-0.39, 0.29) is 12.6 Å². The number of nitrogens with one attached hydrogen (secondary N) is 1. The zero-order valence-electron chi connectivity index (χ0n) is 11.0. The van der Waals surface area contributed by atoms with Crippen LogP contribution in [0, 0.1) is 0 Å². The molecule has 0 radical (unpaired) electrons. The van der Waals surface area contributed by atoms with Gasteiger partial charge in [0, 0.05) is 22.7 Å². The van der Waals surface area contributed by atoms with Crippen molar-refractivity contribution in [1.82, 2.24) is 4.72 Å². The first-order valence-electron chi connectivity index (χ1n) is 6.49. The normalized spacial score (nSPS) is 23.9. The maximum absolute atomic E-state index is 12.4. The summed E-state index contributed by atoms with van der Waals surface area (Å²) >= 11 is 3.24. The van der Waals surface area contributed by atoms with Crippen LogP contribution in [0.5, 0.6) is 0 Å². The van der Waals surface area contributed by atoms with Crippen molar-refractivity contribution in [2.45, 2.75) is 48.9 Å². The topological polar surface area (TPSA) is 72.2 Å². The Hall–Kier alpha value is -0.0800. The fourth-order valence-electron chi connectivity index (χ4n) is 2.45. The monoisotopic (exact) mass is 320 g/mol. The molecule has 2 atom stereocenters. The maximum atomic E-state index is 12.4. The number of hydrogen-bond donors (Lipinski definition) is 2. The van der Waals surface area contributed by atoms with E-state index in [0.717, 1.165) is 29.9 Å². The lowest BCUT2D eigenvalue weighted by atomic mass is 10.3. The summed E-state index contributed by atoms with van der Waals surface area (Å²) < 4.78 is 27.7. The van der Waals surface area contributed by atoms with Gasteiger partial charge < -0.3 is 5.73 Å². The van der Waals surface area contributed by atoms with E-state index in [4.69, 9.17) is 5.73 Å². The number of nitrogens with two attached hydrogens (primary N) is 1. The molecule has 0 amide bonds. The first kappa shape index (κ1) is 15.3. The Kier molecular flexibility index (Phi) is 5.30. The van der Waals surface area contributed by atoms with Gasteiger partial charge in [-0.2, -0.15) is 11.8 Å². The van der Waals surface area contributed by atoms with Crippen LogP contribution in [-0.2, 0) is 16.6 Å². The molecule has 1 aliphatic carbocycles. The van der Waals surface area contributed by atoms with Crippen LogP contribution in [-0.4, -0.2) is 25.5 Å². The number of hydrogen-bond acceptors (Lipinski definition) is 5. The second-order valence-corrected chi connectivity index (χ2v) is 8.76. The van der Waals surface area contributed by atoms with E-state index < -0.39 is 10.0 Å². The number of rotatable bonds is 6. The van der Waals surface area contributed by atoms with Gasteiger partial charge in [0.15, 0.2) is 0 Å². The standard InChI is InChI=1S/C12H20N2O2S3/c1-2-17-10-5-3-4-9(10)14-19(15,16)12-6-7-18-11(12)8-13/h6-7,9-10,14H,2-5,8,13H2,1H3. The number of thiophene rings is 1. The van der Waals surface area contributed by atoms with Crippen LogP contribution in [0.3, 0.4) is 0 Å². The van der Waals surface area contributed by atoms with Crippen LogP contribution >= 0.6 is 23.1 Å². The molecule has 1 aromatic rings. The van der Waals surface area contributed by atoms with Gasteiger partial charge in [0.1, 0.15) is 0 Å². The Bertz CT molecular complexity index is 513. The van der Waals surface area contributed by atoms with Gasteiger partial charge in [0.25, 0.3) is 0 Å². The van der Waals surface area contributed by atoms with E-state index in [1.807, 2.05) is 11.8 Å². The number of thioether (sulfide) groups is 1. The van der Waals surface area contributed by atoms with Gasteiger partial charge in [-0.25, -0.2) is 13.1 Å². The molecule has 7 heteroatoms. The van der Waals surface area contributed by atoms with Gasteiger partial charge in [-0.15, -0.1) is 11.3 Å². The van der Waals surface area contributed by atoms with Crippen molar-refractivity contribution in [3.63, 3.8) is 0 Å². The largest absolute Gasteiger partial charge is 0.326 e. The molecule has 0 saturated heterocycles. The van der Waals surface area contributed by atoms with Crippen molar-refractivity contribution >= 4 is 33.1 Å². The van der Waals surface area contributed by atoms with Gasteiger partial charge in [0.05, 0.1) is 4.90 Å². The highest BCUT2D eigenvalue weighted by Gasteiger charge is 2.32. The molecule has 0 aliphatic heterocycles. The lowest BCUT2D eigenvalue weighted by molar-refractivity contribution is 0.554. The molecule has 3 N–H and O–H groups in total. The minimum absolute atomic E-state index is 0.0560. The van der Waals surface area contributed by atoms with Crippen molar-refractivity contribution in [2.24, 2.45) is 5.73 Å². The minimum atomic E-state index is -3.43. The molecule has 2 unspecified atom stereocenters. The summed E-state index contributed by atoms with van der Waals surface area (Å²) in [6.07, 6.45) is 3.12. The average molecular weight is 321 g/mol. The summed E-state index contributed by atoms with van der Waals surface area (Å²) in [5, 5.41) is 2.18. The van der Waals surface area contributed by atoms with Crippen LogP contribution in [0.15, 0.2) is 16.3 Å². The third-order valence-electron chi connectivity index (χ3n) is 3.32. The summed E-state index contributed by atoms with van der Waals surface area (Å²) in [4.78, 5) is 1.08. The minimum Gasteiger partial charge on any atom is -0.326 e. The average Bonchev–Trinajstić information content (AvgIpc) is 2.99. The zero-order valence-corrected chi connectivity index (χ0v) is 13.4. The van der Waals surface area contributed by atoms with Gasteiger partial charge in [-0.05, 0) is 30.0 Å². The van der Waals surface area contributed by atoms with E-state index in [1.165, 1.54) is 11.3 Å². The lowest BCUT2D eigenvalue weighted by Gasteiger charge is -2.20. The zero-order chi connectivity index (χ0) is 13.9. The van der Waals surface area contributed by atoms with Crippen molar-refractivity contribution < 1.29 is 8.42 Å². The van der Waals surface area contributed by atoms with Crippen LogP contribution in [0.25, 0.3) is 0 Å². The van der Waals surface area contributed by atoms with E-state index in [1.54, 1.807) is 11.4 Å². The number of sulfonamides is 1. The molecule has 19 heavy (non-hydrogen) atoms. The summed E-state index contributed by atoms with van der Waals surface area (Å²) in [5.41, 5.74) is 5.59. The third kappa shape index (κ3) is 3.52. The van der Waals surface area contributed by atoms with Gasteiger partial charge >= 0.3 is 0 Å². The molecule has 1 saturated carbocycles. The quantitative estimate of drug-likeness (QED) is 0.842. The molecule has 1 fully saturated rings. The second kappa shape index (κ2) is 6.58. The van der Waals surface area contributed by atoms with Crippen LogP contribution in [0.4, 0.5) is 0 Å². The molecular weight excluding hydrogens is 300 g/mol. The van der Waals surface area contributed by atoms with Gasteiger partial charge in [-0.1, -0.05) is 13.3 Å². The van der Waals surface area contributed by atoms with E-state index >= 15 is 0 Å². The molecule has 0 aromatic carbocycles. The fraction of sp³-hybridized carbons (Fsp3) is 0.667. The van der Waals surface area contributed by atoms with E-state index in [0.29, 0.717) is 10.1 Å². The molecule has 1 aromatic heterocycles. The molecule has 2 rings (SSSR count). The van der Waals surface area contributed by atoms with Crippen molar-refractivity contribution in [3.05, 3.63) is 16.3 Å². The Labute approximate surface area is 123 Å². The Morgan fingerprint density at radius 3 is 3.00 bits per heavy atom. The SMILES string of the molecule is CCSC1CCCC1NS(=O)(=O)c1ccsc1CN. The summed E-state index contributed by atoms with van der Waals surface area (Å²) in [6.45, 7) is 2.38.